The van der Waals surface area contributed by atoms with Crippen molar-refractivity contribution in [2.24, 2.45) is 0 Å². The number of rotatable bonds is 4. The molecule has 0 amide bonds. The van der Waals surface area contributed by atoms with Crippen LogP contribution in [-0.4, -0.2) is 18.1 Å². The number of para-hydroxylation sites is 1. The first-order valence-corrected chi connectivity index (χ1v) is 8.92. The topological polar surface area (TPSA) is 48.4 Å². The summed E-state index contributed by atoms with van der Waals surface area (Å²) in [4.78, 5) is 18.5. The maximum absolute atomic E-state index is 12.8. The molecule has 0 bridgehead atoms. The molecule has 0 aliphatic carbocycles. The molecule has 4 rings (SSSR count). The summed E-state index contributed by atoms with van der Waals surface area (Å²) in [5, 5.41) is 2.76. The Morgan fingerprint density at radius 2 is 1.73 bits per heavy atom. The van der Waals surface area contributed by atoms with Gasteiger partial charge in [0.1, 0.15) is 11.5 Å². The molecular weight excluding hydrogens is 346 g/mol. The van der Waals surface area contributed by atoms with Crippen molar-refractivity contribution in [2.45, 2.75) is 0 Å². The molecule has 2 heterocycles. The lowest BCUT2D eigenvalue weighted by atomic mass is 10.1. The maximum atomic E-state index is 12.8. The quantitative estimate of drug-likeness (QED) is 0.371. The summed E-state index contributed by atoms with van der Waals surface area (Å²) in [6.07, 6.45) is 0. The maximum Gasteiger partial charge on any atom is 0.344 e. The van der Waals surface area contributed by atoms with Gasteiger partial charge >= 0.3 is 5.97 Å². The number of nitrogens with zero attached hydrogens (tertiary/aromatic N) is 1. The fraction of sp³-hybridized carbons (Fsp3) is 0.0476. The molecule has 0 saturated heterocycles. The second-order valence-corrected chi connectivity index (χ2v) is 6.56. The number of thiophene rings is 1. The van der Waals surface area contributed by atoms with E-state index in [0.29, 0.717) is 17.1 Å². The zero-order valence-electron chi connectivity index (χ0n) is 14.0. The fourth-order valence-electron chi connectivity index (χ4n) is 2.70. The Kier molecular flexibility index (Phi) is 4.37. The Bertz CT molecular complexity index is 1060. The minimum Gasteiger partial charge on any atom is -0.497 e. The van der Waals surface area contributed by atoms with Crippen molar-refractivity contribution in [2.75, 3.05) is 7.11 Å². The number of benzene rings is 2. The van der Waals surface area contributed by atoms with Gasteiger partial charge < -0.3 is 9.47 Å². The van der Waals surface area contributed by atoms with Gasteiger partial charge in [-0.2, -0.15) is 0 Å². The van der Waals surface area contributed by atoms with E-state index in [4.69, 9.17) is 9.47 Å². The molecule has 0 radical (unpaired) electrons. The van der Waals surface area contributed by atoms with Gasteiger partial charge in [-0.25, -0.2) is 9.78 Å². The van der Waals surface area contributed by atoms with Crippen LogP contribution in [0.25, 0.3) is 21.5 Å². The van der Waals surface area contributed by atoms with Crippen molar-refractivity contribution in [1.82, 2.24) is 4.98 Å². The zero-order chi connectivity index (χ0) is 17.9. The van der Waals surface area contributed by atoms with Crippen LogP contribution >= 0.6 is 11.3 Å². The summed E-state index contributed by atoms with van der Waals surface area (Å²) < 4.78 is 10.7. The van der Waals surface area contributed by atoms with Crippen LogP contribution in [0.2, 0.25) is 0 Å². The summed E-state index contributed by atoms with van der Waals surface area (Å²) in [6, 6.07) is 20.2. The molecular formula is C21H15NO3S. The van der Waals surface area contributed by atoms with Gasteiger partial charge in [-0.15, -0.1) is 11.3 Å². The van der Waals surface area contributed by atoms with Crippen molar-refractivity contribution in [3.63, 3.8) is 0 Å². The average Bonchev–Trinajstić information content (AvgIpc) is 3.22. The highest BCUT2D eigenvalue weighted by Gasteiger charge is 2.16. The van der Waals surface area contributed by atoms with Gasteiger partial charge in [0.2, 0.25) is 0 Å². The standard InChI is InChI=1S/C21H15NO3S/c1-24-14-8-10-15(11-9-14)25-21(23)17-13-19(20-7-4-12-26-20)22-18-6-3-2-5-16(17)18/h2-13H,1H3. The van der Waals surface area contributed by atoms with Crippen molar-refractivity contribution in [3.05, 3.63) is 77.7 Å². The molecule has 0 unspecified atom stereocenters. The predicted octanol–water partition coefficient (Wildman–Crippen LogP) is 5.19. The molecule has 0 aliphatic heterocycles. The van der Waals surface area contributed by atoms with E-state index >= 15 is 0 Å². The number of pyridine rings is 1. The van der Waals surface area contributed by atoms with E-state index in [9.17, 15) is 4.79 Å². The molecule has 128 valence electrons. The van der Waals surface area contributed by atoms with E-state index in [-0.39, 0.29) is 0 Å². The third kappa shape index (κ3) is 3.17. The molecule has 0 aliphatic rings. The van der Waals surface area contributed by atoms with Crippen LogP contribution < -0.4 is 9.47 Å². The van der Waals surface area contributed by atoms with Gasteiger partial charge in [0.05, 0.1) is 28.8 Å². The summed E-state index contributed by atoms with van der Waals surface area (Å²) >= 11 is 1.58. The first kappa shape index (κ1) is 16.3. The fourth-order valence-corrected chi connectivity index (χ4v) is 3.39. The molecule has 4 nitrogen and oxygen atoms in total. The van der Waals surface area contributed by atoms with Crippen molar-refractivity contribution in [1.29, 1.82) is 0 Å². The number of carbonyl (C=O) groups excluding carboxylic acids is 1. The van der Waals surface area contributed by atoms with Crippen LogP contribution in [-0.2, 0) is 0 Å². The summed E-state index contributed by atoms with van der Waals surface area (Å²) in [5.41, 5.74) is 2.02. The number of hydrogen-bond donors (Lipinski definition) is 0. The average molecular weight is 361 g/mol. The van der Waals surface area contributed by atoms with Gasteiger partial charge in [-0.1, -0.05) is 24.3 Å². The Hall–Kier alpha value is -3.18. The number of fused-ring (bicyclic) bond motifs is 1. The molecule has 0 atom stereocenters. The zero-order valence-corrected chi connectivity index (χ0v) is 14.8. The van der Waals surface area contributed by atoms with Crippen molar-refractivity contribution in [3.8, 4) is 22.1 Å². The highest BCUT2D eigenvalue weighted by atomic mass is 32.1. The van der Waals surface area contributed by atoms with E-state index in [0.717, 1.165) is 21.5 Å². The lowest BCUT2D eigenvalue weighted by Gasteiger charge is -2.09. The Labute approximate surface area is 154 Å². The highest BCUT2D eigenvalue weighted by Crippen LogP contribution is 2.28. The minimum absolute atomic E-state index is 0.411. The van der Waals surface area contributed by atoms with Crippen LogP contribution in [0.4, 0.5) is 0 Å². The second kappa shape index (κ2) is 6.98. The van der Waals surface area contributed by atoms with Gasteiger partial charge in [0.25, 0.3) is 0 Å². The molecule has 5 heteroatoms. The SMILES string of the molecule is COc1ccc(OC(=O)c2cc(-c3cccs3)nc3ccccc23)cc1. The van der Waals surface area contributed by atoms with Crippen LogP contribution in [0.5, 0.6) is 11.5 Å². The third-order valence-electron chi connectivity index (χ3n) is 3.98. The monoisotopic (exact) mass is 361 g/mol. The van der Waals surface area contributed by atoms with E-state index in [1.807, 2.05) is 41.8 Å². The lowest BCUT2D eigenvalue weighted by Crippen LogP contribution is -2.10. The predicted molar refractivity (Wildman–Crippen MR) is 103 cm³/mol. The number of carbonyl (C=O) groups is 1. The first-order valence-electron chi connectivity index (χ1n) is 8.04. The molecule has 0 fully saturated rings. The number of methoxy groups -OCH3 is 1. The summed E-state index contributed by atoms with van der Waals surface area (Å²) in [7, 11) is 1.59. The Morgan fingerprint density at radius 1 is 0.962 bits per heavy atom. The van der Waals surface area contributed by atoms with Gasteiger partial charge in [-0.05, 0) is 47.8 Å². The lowest BCUT2D eigenvalue weighted by molar-refractivity contribution is 0.0736. The van der Waals surface area contributed by atoms with Crippen molar-refractivity contribution >= 4 is 28.2 Å². The molecule has 2 aromatic heterocycles. The number of ether oxygens (including phenoxy) is 2. The number of hydrogen-bond acceptors (Lipinski definition) is 5. The minimum atomic E-state index is -0.411. The summed E-state index contributed by atoms with van der Waals surface area (Å²) in [6.45, 7) is 0. The van der Waals surface area contributed by atoms with Crippen LogP contribution in [0.1, 0.15) is 10.4 Å². The molecule has 0 saturated carbocycles. The molecule has 0 spiro atoms. The highest BCUT2D eigenvalue weighted by molar-refractivity contribution is 7.13. The molecule has 4 aromatic rings. The van der Waals surface area contributed by atoms with E-state index in [1.165, 1.54) is 0 Å². The second-order valence-electron chi connectivity index (χ2n) is 5.61. The third-order valence-corrected chi connectivity index (χ3v) is 4.87. The largest absolute Gasteiger partial charge is 0.497 e. The Balaban J connectivity index is 1.75. The number of esters is 1. The van der Waals surface area contributed by atoms with Gasteiger partial charge in [0.15, 0.2) is 0 Å². The first-order chi connectivity index (χ1) is 12.7. The Morgan fingerprint density at radius 3 is 2.46 bits per heavy atom. The van der Waals surface area contributed by atoms with Crippen molar-refractivity contribution < 1.29 is 14.3 Å². The molecule has 2 aromatic carbocycles. The molecule has 0 N–H and O–H groups in total. The normalized spacial score (nSPS) is 10.7. The smallest absolute Gasteiger partial charge is 0.344 e. The van der Waals surface area contributed by atoms with Crippen LogP contribution in [0, 0.1) is 0 Å². The van der Waals surface area contributed by atoms with Gasteiger partial charge in [-0.3, -0.25) is 0 Å². The van der Waals surface area contributed by atoms with E-state index < -0.39 is 5.97 Å². The van der Waals surface area contributed by atoms with E-state index in [1.54, 1.807) is 48.8 Å². The number of aromatic nitrogens is 1. The van der Waals surface area contributed by atoms with Crippen LogP contribution in [0.3, 0.4) is 0 Å². The molecule has 26 heavy (non-hydrogen) atoms. The summed E-state index contributed by atoms with van der Waals surface area (Å²) in [5.74, 6) is 0.764. The van der Waals surface area contributed by atoms with E-state index in [2.05, 4.69) is 4.98 Å². The van der Waals surface area contributed by atoms with Gasteiger partial charge in [0, 0.05) is 5.39 Å². The van der Waals surface area contributed by atoms with Crippen LogP contribution in [0.15, 0.2) is 72.1 Å².